The summed E-state index contributed by atoms with van der Waals surface area (Å²) in [6.07, 6.45) is 5.03. The van der Waals surface area contributed by atoms with Crippen molar-refractivity contribution >= 4 is 44.5 Å². The number of aryl methyl sites for hydroxylation is 1. The molecule has 0 radical (unpaired) electrons. The molecule has 7 heteroatoms. The van der Waals surface area contributed by atoms with Crippen molar-refractivity contribution in [1.29, 1.82) is 0 Å². The first-order chi connectivity index (χ1) is 12.7. The van der Waals surface area contributed by atoms with Gasteiger partial charge in [-0.15, -0.1) is 11.3 Å². The third-order valence-electron chi connectivity index (χ3n) is 4.39. The minimum atomic E-state index is -0.341. The second-order valence-corrected chi connectivity index (χ2v) is 6.99. The number of ether oxygens (including phenoxy) is 1. The lowest BCUT2D eigenvalue weighted by molar-refractivity contribution is 0.0533. The Hall–Kier alpha value is -2.93. The Bertz CT molecular complexity index is 1030. The lowest BCUT2D eigenvalue weighted by Gasteiger charge is -2.10. The number of aromatic nitrogens is 1. The van der Waals surface area contributed by atoms with Gasteiger partial charge in [-0.25, -0.2) is 4.79 Å². The standard InChI is InChI=1S/C19H17N3O3S/c1-2-25-19(23)18-17(14-10-20-8-7-16(14)26-18)21-12-4-5-13-11(9-12)3-6-15(13)22-24/h4-5,7-10,21,24H,2-3,6H2,1H3/b22-15+. The molecule has 2 heterocycles. The van der Waals surface area contributed by atoms with E-state index in [0.29, 0.717) is 22.9 Å². The van der Waals surface area contributed by atoms with Crippen LogP contribution >= 0.6 is 11.3 Å². The maximum absolute atomic E-state index is 12.4. The minimum Gasteiger partial charge on any atom is -0.462 e. The second kappa shape index (κ2) is 6.76. The number of esters is 1. The third-order valence-corrected chi connectivity index (χ3v) is 5.54. The van der Waals surface area contributed by atoms with Crippen LogP contribution in [0.3, 0.4) is 0 Å². The normalized spacial score (nSPS) is 14.6. The summed E-state index contributed by atoms with van der Waals surface area (Å²) in [5, 5.41) is 16.7. The van der Waals surface area contributed by atoms with Crippen LogP contribution in [0.2, 0.25) is 0 Å². The summed E-state index contributed by atoms with van der Waals surface area (Å²) < 4.78 is 6.18. The maximum Gasteiger partial charge on any atom is 0.350 e. The van der Waals surface area contributed by atoms with Gasteiger partial charge in [0.1, 0.15) is 4.88 Å². The number of nitrogens with zero attached hydrogens (tertiary/aromatic N) is 2. The van der Waals surface area contributed by atoms with Crippen LogP contribution in [0.4, 0.5) is 11.4 Å². The Kier molecular flexibility index (Phi) is 4.30. The van der Waals surface area contributed by atoms with E-state index in [2.05, 4.69) is 15.5 Å². The Morgan fingerprint density at radius 2 is 2.27 bits per heavy atom. The zero-order valence-corrected chi connectivity index (χ0v) is 15.0. The molecule has 1 aliphatic carbocycles. The number of thiophene rings is 1. The average molecular weight is 367 g/mol. The molecule has 6 nitrogen and oxygen atoms in total. The third kappa shape index (κ3) is 2.80. The molecule has 1 aliphatic rings. The van der Waals surface area contributed by atoms with Crippen molar-refractivity contribution in [3.63, 3.8) is 0 Å². The number of carbonyl (C=O) groups is 1. The fraction of sp³-hybridized carbons (Fsp3) is 0.211. The maximum atomic E-state index is 12.4. The number of fused-ring (bicyclic) bond motifs is 2. The summed E-state index contributed by atoms with van der Waals surface area (Å²) in [5.74, 6) is -0.341. The van der Waals surface area contributed by atoms with Crippen molar-refractivity contribution in [3.8, 4) is 0 Å². The van der Waals surface area contributed by atoms with Gasteiger partial charge in [0.2, 0.25) is 0 Å². The van der Waals surface area contributed by atoms with Gasteiger partial charge >= 0.3 is 5.97 Å². The highest BCUT2D eigenvalue weighted by Crippen LogP contribution is 2.38. The Balaban J connectivity index is 1.75. The number of oxime groups is 1. The van der Waals surface area contributed by atoms with Gasteiger partial charge in [0.25, 0.3) is 0 Å². The van der Waals surface area contributed by atoms with E-state index in [4.69, 9.17) is 9.94 Å². The quantitative estimate of drug-likeness (QED) is 0.407. The molecule has 26 heavy (non-hydrogen) atoms. The van der Waals surface area contributed by atoms with Gasteiger partial charge in [-0.05, 0) is 43.5 Å². The highest BCUT2D eigenvalue weighted by atomic mass is 32.1. The van der Waals surface area contributed by atoms with E-state index in [9.17, 15) is 4.79 Å². The fourth-order valence-electron chi connectivity index (χ4n) is 3.20. The van der Waals surface area contributed by atoms with Gasteiger partial charge in [0, 0.05) is 33.7 Å². The lowest BCUT2D eigenvalue weighted by Crippen LogP contribution is -2.05. The van der Waals surface area contributed by atoms with Crippen molar-refractivity contribution in [2.75, 3.05) is 11.9 Å². The van der Waals surface area contributed by atoms with Crippen LogP contribution in [0.25, 0.3) is 10.1 Å². The monoisotopic (exact) mass is 367 g/mol. The largest absolute Gasteiger partial charge is 0.462 e. The number of nitrogens with one attached hydrogen (secondary N) is 1. The molecular formula is C19H17N3O3S. The van der Waals surface area contributed by atoms with Gasteiger partial charge in [0.05, 0.1) is 18.0 Å². The molecule has 0 spiro atoms. The van der Waals surface area contributed by atoms with Crippen LogP contribution in [-0.2, 0) is 11.2 Å². The summed E-state index contributed by atoms with van der Waals surface area (Å²) >= 11 is 1.39. The summed E-state index contributed by atoms with van der Waals surface area (Å²) in [7, 11) is 0. The van der Waals surface area contributed by atoms with Crippen molar-refractivity contribution in [3.05, 3.63) is 52.7 Å². The summed E-state index contributed by atoms with van der Waals surface area (Å²) in [6, 6.07) is 7.78. The van der Waals surface area contributed by atoms with Crippen LogP contribution in [0.1, 0.15) is 34.1 Å². The average Bonchev–Trinajstić information content (AvgIpc) is 3.23. The molecular weight excluding hydrogens is 350 g/mol. The van der Waals surface area contributed by atoms with E-state index >= 15 is 0 Å². The number of benzene rings is 1. The topological polar surface area (TPSA) is 83.8 Å². The van der Waals surface area contributed by atoms with Crippen LogP contribution in [0.15, 0.2) is 41.8 Å². The first kappa shape index (κ1) is 16.5. The zero-order chi connectivity index (χ0) is 18.1. The number of pyridine rings is 1. The fourth-order valence-corrected chi connectivity index (χ4v) is 4.22. The minimum absolute atomic E-state index is 0.326. The smallest absolute Gasteiger partial charge is 0.350 e. The van der Waals surface area contributed by atoms with Crippen molar-refractivity contribution in [1.82, 2.24) is 4.98 Å². The van der Waals surface area contributed by atoms with E-state index < -0.39 is 0 Å². The molecule has 2 aromatic heterocycles. The summed E-state index contributed by atoms with van der Waals surface area (Å²) in [5.41, 5.74) is 4.39. The van der Waals surface area contributed by atoms with Gasteiger partial charge < -0.3 is 15.3 Å². The van der Waals surface area contributed by atoms with E-state index in [1.54, 1.807) is 19.3 Å². The molecule has 4 rings (SSSR count). The summed E-state index contributed by atoms with van der Waals surface area (Å²) in [6.45, 7) is 2.12. The first-order valence-corrected chi connectivity index (χ1v) is 9.17. The Morgan fingerprint density at radius 1 is 1.38 bits per heavy atom. The predicted octanol–water partition coefficient (Wildman–Crippen LogP) is 4.34. The van der Waals surface area contributed by atoms with Crippen molar-refractivity contribution in [2.45, 2.75) is 19.8 Å². The molecule has 3 aromatic rings. The molecule has 0 unspecified atom stereocenters. The van der Waals surface area contributed by atoms with Gasteiger partial charge in [-0.2, -0.15) is 0 Å². The predicted molar refractivity (Wildman–Crippen MR) is 102 cm³/mol. The lowest BCUT2D eigenvalue weighted by atomic mass is 10.1. The van der Waals surface area contributed by atoms with Crippen LogP contribution in [0, 0.1) is 0 Å². The van der Waals surface area contributed by atoms with E-state index in [1.165, 1.54) is 11.3 Å². The molecule has 0 atom stereocenters. The number of rotatable bonds is 4. The molecule has 0 saturated carbocycles. The molecule has 1 aromatic carbocycles. The zero-order valence-electron chi connectivity index (χ0n) is 14.2. The second-order valence-electron chi connectivity index (χ2n) is 5.94. The molecule has 0 bridgehead atoms. The molecule has 2 N–H and O–H groups in total. The Labute approximate surface area is 154 Å². The summed E-state index contributed by atoms with van der Waals surface area (Å²) in [4.78, 5) is 17.1. The number of hydrogen-bond acceptors (Lipinski definition) is 7. The molecule has 0 aliphatic heterocycles. The Morgan fingerprint density at radius 3 is 3.08 bits per heavy atom. The molecule has 0 amide bonds. The van der Waals surface area contributed by atoms with Crippen LogP contribution in [0.5, 0.6) is 0 Å². The highest BCUT2D eigenvalue weighted by Gasteiger charge is 2.22. The SMILES string of the molecule is CCOC(=O)c1sc2ccncc2c1Nc1ccc2c(c1)CC/C2=N\O. The van der Waals surface area contributed by atoms with Gasteiger partial charge in [-0.3, -0.25) is 4.98 Å². The first-order valence-electron chi connectivity index (χ1n) is 8.36. The number of hydrogen-bond donors (Lipinski definition) is 2. The van der Waals surface area contributed by atoms with Crippen LogP contribution < -0.4 is 5.32 Å². The highest BCUT2D eigenvalue weighted by molar-refractivity contribution is 7.21. The van der Waals surface area contributed by atoms with E-state index in [1.807, 2.05) is 24.3 Å². The van der Waals surface area contributed by atoms with Gasteiger partial charge in [0.15, 0.2) is 0 Å². The molecule has 132 valence electrons. The number of carbonyl (C=O) groups excluding carboxylic acids is 1. The molecule has 0 saturated heterocycles. The van der Waals surface area contributed by atoms with Gasteiger partial charge in [-0.1, -0.05) is 11.2 Å². The van der Waals surface area contributed by atoms with E-state index in [-0.39, 0.29) is 5.97 Å². The van der Waals surface area contributed by atoms with Crippen molar-refractivity contribution < 1.29 is 14.7 Å². The number of anilines is 2. The van der Waals surface area contributed by atoms with E-state index in [0.717, 1.165) is 39.7 Å². The molecule has 0 fully saturated rings. The van der Waals surface area contributed by atoms with Crippen LogP contribution in [-0.4, -0.2) is 28.5 Å². The van der Waals surface area contributed by atoms with Crippen molar-refractivity contribution in [2.24, 2.45) is 5.16 Å².